The van der Waals surface area contributed by atoms with Crippen LogP contribution < -0.4 is 16.8 Å². The number of rotatable bonds is 4. The van der Waals surface area contributed by atoms with Crippen molar-refractivity contribution in [3.8, 4) is 0 Å². The van der Waals surface area contributed by atoms with Gasteiger partial charge in [0.05, 0.1) is 0 Å². The van der Waals surface area contributed by atoms with Crippen molar-refractivity contribution < 1.29 is 4.79 Å². The van der Waals surface area contributed by atoms with Gasteiger partial charge in [0.1, 0.15) is 0 Å². The highest BCUT2D eigenvalue weighted by atomic mass is 16.1. The zero-order chi connectivity index (χ0) is 10.4. The van der Waals surface area contributed by atoms with E-state index in [4.69, 9.17) is 16.9 Å². The minimum Gasteiger partial charge on any atom is -0.370 e. The van der Waals surface area contributed by atoms with Crippen LogP contribution in [-0.2, 0) is 4.79 Å². The van der Waals surface area contributed by atoms with Crippen LogP contribution in [0.2, 0.25) is 0 Å². The van der Waals surface area contributed by atoms with Crippen LogP contribution in [0.15, 0.2) is 11.6 Å². The molecule has 1 atom stereocenters. The quantitative estimate of drug-likeness (QED) is 0.273. The highest BCUT2D eigenvalue weighted by molar-refractivity contribution is 5.91. The van der Waals surface area contributed by atoms with Crippen LogP contribution in [0.1, 0.15) is 20.3 Å². The fourth-order valence-electron chi connectivity index (χ4n) is 0.845. The van der Waals surface area contributed by atoms with Crippen molar-refractivity contribution in [2.75, 3.05) is 0 Å². The van der Waals surface area contributed by atoms with Crippen molar-refractivity contribution in [3.05, 3.63) is 11.6 Å². The third-order valence-electron chi connectivity index (χ3n) is 1.62. The standard InChI is InChI=1S/C8H16N4O/c1-3-6(12-8(10)11)4-5(2)7(9)13/h4,6H,3H2,1-2H3,(H2,9,13)(H4,10,11,12). The van der Waals surface area contributed by atoms with E-state index in [9.17, 15) is 4.79 Å². The maximum Gasteiger partial charge on any atom is 0.244 e. The molecule has 0 saturated heterocycles. The molecule has 0 rings (SSSR count). The number of hydrogen-bond donors (Lipinski definition) is 4. The van der Waals surface area contributed by atoms with Gasteiger partial charge in [0.25, 0.3) is 0 Å². The summed E-state index contributed by atoms with van der Waals surface area (Å²) in [6.07, 6.45) is 2.41. The average molecular weight is 184 g/mol. The van der Waals surface area contributed by atoms with Crippen LogP contribution in [0.5, 0.6) is 0 Å². The number of nitrogens with two attached hydrogens (primary N) is 2. The first-order valence-electron chi connectivity index (χ1n) is 4.06. The molecule has 0 heterocycles. The first kappa shape index (κ1) is 11.5. The van der Waals surface area contributed by atoms with E-state index in [1.54, 1.807) is 13.0 Å². The maximum atomic E-state index is 10.7. The fraction of sp³-hybridized carbons (Fsp3) is 0.500. The Balaban J connectivity index is 4.34. The monoisotopic (exact) mass is 184 g/mol. The summed E-state index contributed by atoms with van der Waals surface area (Å²) in [6, 6.07) is -0.106. The summed E-state index contributed by atoms with van der Waals surface area (Å²) >= 11 is 0. The van der Waals surface area contributed by atoms with Gasteiger partial charge in [-0.2, -0.15) is 0 Å². The van der Waals surface area contributed by atoms with E-state index >= 15 is 0 Å². The van der Waals surface area contributed by atoms with Crippen LogP contribution in [0.4, 0.5) is 0 Å². The third-order valence-corrected chi connectivity index (χ3v) is 1.62. The number of carbonyl (C=O) groups excluding carboxylic acids is 1. The van der Waals surface area contributed by atoms with Gasteiger partial charge in [-0.1, -0.05) is 13.0 Å². The van der Waals surface area contributed by atoms with Crippen LogP contribution in [0.25, 0.3) is 0 Å². The molecular formula is C8H16N4O. The molecule has 0 fully saturated rings. The minimum absolute atomic E-state index is 0.106. The second kappa shape index (κ2) is 5.18. The summed E-state index contributed by atoms with van der Waals surface area (Å²) in [7, 11) is 0. The molecule has 6 N–H and O–H groups in total. The summed E-state index contributed by atoms with van der Waals surface area (Å²) < 4.78 is 0. The van der Waals surface area contributed by atoms with Gasteiger partial charge in [-0.05, 0) is 13.3 Å². The van der Waals surface area contributed by atoms with Gasteiger partial charge in [0.2, 0.25) is 5.91 Å². The molecular weight excluding hydrogens is 168 g/mol. The van der Waals surface area contributed by atoms with E-state index < -0.39 is 5.91 Å². The molecule has 5 heteroatoms. The second-order valence-corrected chi connectivity index (χ2v) is 2.79. The summed E-state index contributed by atoms with van der Waals surface area (Å²) in [4.78, 5) is 10.7. The van der Waals surface area contributed by atoms with E-state index in [0.717, 1.165) is 6.42 Å². The van der Waals surface area contributed by atoms with Crippen LogP contribution in [-0.4, -0.2) is 17.9 Å². The zero-order valence-corrected chi connectivity index (χ0v) is 7.92. The Hall–Kier alpha value is -1.52. The normalized spacial score (nSPS) is 13.5. The molecule has 0 saturated carbocycles. The Morgan fingerprint density at radius 2 is 2.15 bits per heavy atom. The predicted molar refractivity (Wildman–Crippen MR) is 52.1 cm³/mol. The molecule has 0 aromatic heterocycles. The lowest BCUT2D eigenvalue weighted by Gasteiger charge is -2.12. The maximum absolute atomic E-state index is 10.7. The number of amides is 1. The molecule has 0 radical (unpaired) electrons. The van der Waals surface area contributed by atoms with Crippen molar-refractivity contribution in [2.24, 2.45) is 11.5 Å². The SMILES string of the molecule is CCC(C=C(C)C(N)=O)NC(=N)N. The third kappa shape index (κ3) is 4.84. The molecule has 1 amide bonds. The Labute approximate surface area is 77.7 Å². The van der Waals surface area contributed by atoms with Crippen LogP contribution in [0, 0.1) is 5.41 Å². The van der Waals surface area contributed by atoms with Gasteiger partial charge < -0.3 is 16.8 Å². The Bertz CT molecular complexity index is 234. The largest absolute Gasteiger partial charge is 0.370 e. The molecule has 0 aromatic rings. The molecule has 0 bridgehead atoms. The summed E-state index contributed by atoms with van der Waals surface area (Å²) in [5, 5.41) is 9.69. The summed E-state index contributed by atoms with van der Waals surface area (Å²) in [5.74, 6) is -0.566. The molecule has 74 valence electrons. The van der Waals surface area contributed by atoms with E-state index in [1.807, 2.05) is 6.92 Å². The lowest BCUT2D eigenvalue weighted by molar-refractivity contribution is -0.114. The van der Waals surface area contributed by atoms with E-state index in [-0.39, 0.29) is 12.0 Å². The van der Waals surface area contributed by atoms with Gasteiger partial charge in [-0.25, -0.2) is 0 Å². The highest BCUT2D eigenvalue weighted by Gasteiger charge is 2.05. The minimum atomic E-state index is -0.455. The van der Waals surface area contributed by atoms with E-state index in [1.165, 1.54) is 0 Å². The lowest BCUT2D eigenvalue weighted by atomic mass is 10.1. The van der Waals surface area contributed by atoms with Gasteiger partial charge in [-0.3, -0.25) is 10.2 Å². The average Bonchev–Trinajstić information content (AvgIpc) is 2.02. The van der Waals surface area contributed by atoms with E-state index in [0.29, 0.717) is 5.57 Å². The van der Waals surface area contributed by atoms with Gasteiger partial charge >= 0.3 is 0 Å². The van der Waals surface area contributed by atoms with Crippen molar-refractivity contribution in [2.45, 2.75) is 26.3 Å². The molecule has 0 spiro atoms. The first-order valence-corrected chi connectivity index (χ1v) is 4.06. The second-order valence-electron chi connectivity index (χ2n) is 2.79. The highest BCUT2D eigenvalue weighted by Crippen LogP contribution is 1.98. The molecule has 1 unspecified atom stereocenters. The summed E-state index contributed by atoms with van der Waals surface area (Å²) in [6.45, 7) is 3.55. The van der Waals surface area contributed by atoms with Crippen LogP contribution in [0.3, 0.4) is 0 Å². The number of primary amides is 1. The van der Waals surface area contributed by atoms with Crippen molar-refractivity contribution in [1.29, 1.82) is 5.41 Å². The molecule has 0 aromatic carbocycles. The predicted octanol–water partition coefficient (Wildman–Crippen LogP) is -0.320. The number of hydrogen-bond acceptors (Lipinski definition) is 2. The first-order chi connectivity index (χ1) is 5.97. The Kier molecular flexibility index (Phi) is 4.58. The Morgan fingerprint density at radius 3 is 2.46 bits per heavy atom. The fourth-order valence-corrected chi connectivity index (χ4v) is 0.845. The van der Waals surface area contributed by atoms with Gasteiger partial charge in [-0.15, -0.1) is 0 Å². The Morgan fingerprint density at radius 1 is 1.62 bits per heavy atom. The molecule has 5 nitrogen and oxygen atoms in total. The van der Waals surface area contributed by atoms with E-state index in [2.05, 4.69) is 5.32 Å². The lowest BCUT2D eigenvalue weighted by Crippen LogP contribution is -2.38. The molecule has 0 aliphatic heterocycles. The van der Waals surface area contributed by atoms with Crippen LogP contribution >= 0.6 is 0 Å². The number of guanidine groups is 1. The summed E-state index contributed by atoms with van der Waals surface area (Å²) in [5.41, 5.74) is 10.7. The molecule has 0 aliphatic carbocycles. The molecule has 0 aliphatic rings. The van der Waals surface area contributed by atoms with Gasteiger partial charge in [0, 0.05) is 11.6 Å². The van der Waals surface area contributed by atoms with Crippen molar-refractivity contribution in [3.63, 3.8) is 0 Å². The number of carbonyl (C=O) groups is 1. The van der Waals surface area contributed by atoms with Crippen molar-refractivity contribution in [1.82, 2.24) is 5.32 Å². The topological polar surface area (TPSA) is 105 Å². The van der Waals surface area contributed by atoms with Crippen molar-refractivity contribution >= 4 is 11.9 Å². The smallest absolute Gasteiger partial charge is 0.244 e. The number of nitrogens with one attached hydrogen (secondary N) is 2. The van der Waals surface area contributed by atoms with Gasteiger partial charge in [0.15, 0.2) is 5.96 Å². The molecule has 13 heavy (non-hydrogen) atoms. The zero-order valence-electron chi connectivity index (χ0n) is 7.92.